The molecule has 106 valence electrons. The van der Waals surface area contributed by atoms with Crippen LogP contribution in [0, 0.1) is 13.8 Å². The summed E-state index contributed by atoms with van der Waals surface area (Å²) in [5.74, 6) is 0.590. The zero-order chi connectivity index (χ0) is 14.9. The number of benzene rings is 1. The molecule has 0 bridgehead atoms. The molecule has 0 saturated heterocycles. The summed E-state index contributed by atoms with van der Waals surface area (Å²) in [6.45, 7) is 3.83. The maximum Gasteiger partial charge on any atom is 0.202 e. The molecule has 2 nitrogen and oxygen atoms in total. The molecular weight excluding hydrogens is 427 g/mol. The van der Waals surface area contributed by atoms with Gasteiger partial charge >= 0.3 is 0 Å². The Morgan fingerprint density at radius 2 is 1.85 bits per heavy atom. The number of halogens is 3. The molecule has 0 atom stereocenters. The Hall–Kier alpha value is -0.360. The molecule has 20 heavy (non-hydrogen) atoms. The first-order chi connectivity index (χ1) is 9.38. The quantitative estimate of drug-likeness (QED) is 0.564. The van der Waals surface area contributed by atoms with Gasteiger partial charge in [-0.15, -0.1) is 11.3 Å². The minimum absolute atomic E-state index is 0.00227. The van der Waals surface area contributed by atoms with Gasteiger partial charge in [-0.3, -0.25) is 4.79 Å². The summed E-state index contributed by atoms with van der Waals surface area (Å²) in [4.78, 5) is 12.1. The normalized spacial score (nSPS) is 10.7. The summed E-state index contributed by atoms with van der Waals surface area (Å²) in [5, 5.41) is 0.730. The summed E-state index contributed by atoms with van der Waals surface area (Å²) < 4.78 is 7.28. The third-order valence-corrected chi connectivity index (χ3v) is 5.67. The van der Waals surface area contributed by atoms with Crippen LogP contribution < -0.4 is 4.74 Å². The third-order valence-electron chi connectivity index (χ3n) is 2.74. The second-order valence-corrected chi connectivity index (χ2v) is 8.45. The van der Waals surface area contributed by atoms with Crippen LogP contribution in [0.3, 0.4) is 0 Å². The maximum absolute atomic E-state index is 12.1. The van der Waals surface area contributed by atoms with Crippen LogP contribution in [-0.2, 0) is 0 Å². The SMILES string of the molecule is Cc1cc(OCC(=O)c2cc(Br)sc2Br)cc(C)c1Cl. The summed E-state index contributed by atoms with van der Waals surface area (Å²) >= 11 is 14.3. The molecule has 2 aromatic rings. The molecule has 0 unspecified atom stereocenters. The van der Waals surface area contributed by atoms with E-state index in [9.17, 15) is 4.79 Å². The Morgan fingerprint density at radius 1 is 1.25 bits per heavy atom. The highest BCUT2D eigenvalue weighted by atomic mass is 79.9. The Balaban J connectivity index is 2.09. The van der Waals surface area contributed by atoms with E-state index in [0.717, 1.165) is 23.7 Å². The average molecular weight is 439 g/mol. The van der Waals surface area contributed by atoms with Crippen molar-refractivity contribution in [2.24, 2.45) is 0 Å². The second kappa shape index (κ2) is 6.60. The van der Waals surface area contributed by atoms with E-state index in [4.69, 9.17) is 16.3 Å². The molecule has 1 aromatic heterocycles. The van der Waals surface area contributed by atoms with Gasteiger partial charge in [-0.2, -0.15) is 0 Å². The number of rotatable bonds is 4. The van der Waals surface area contributed by atoms with Crippen LogP contribution in [0.1, 0.15) is 21.5 Å². The fourth-order valence-electron chi connectivity index (χ4n) is 1.75. The molecule has 1 heterocycles. The van der Waals surface area contributed by atoms with Crippen LogP contribution >= 0.6 is 54.8 Å². The second-order valence-electron chi connectivity index (χ2n) is 4.32. The molecule has 0 N–H and O–H groups in total. The number of ether oxygens (including phenoxy) is 1. The van der Waals surface area contributed by atoms with Crippen LogP contribution in [0.25, 0.3) is 0 Å². The first kappa shape index (κ1) is 16.0. The van der Waals surface area contributed by atoms with Gasteiger partial charge in [-0.05, 0) is 75.0 Å². The van der Waals surface area contributed by atoms with E-state index in [0.29, 0.717) is 11.3 Å². The highest BCUT2D eigenvalue weighted by molar-refractivity contribution is 9.12. The number of carbonyl (C=O) groups is 1. The lowest BCUT2D eigenvalue weighted by molar-refractivity contribution is 0.0921. The van der Waals surface area contributed by atoms with E-state index in [2.05, 4.69) is 31.9 Å². The molecule has 0 aliphatic rings. The summed E-state index contributed by atoms with van der Waals surface area (Å²) in [7, 11) is 0. The molecule has 6 heteroatoms. The lowest BCUT2D eigenvalue weighted by Crippen LogP contribution is -2.11. The van der Waals surface area contributed by atoms with E-state index in [-0.39, 0.29) is 12.4 Å². The van der Waals surface area contributed by atoms with E-state index in [1.165, 1.54) is 11.3 Å². The molecule has 0 fully saturated rings. The Labute approximate surface area is 143 Å². The molecule has 1 aromatic carbocycles. The Bertz CT molecular complexity index is 644. The van der Waals surface area contributed by atoms with Gasteiger partial charge in [-0.1, -0.05) is 11.6 Å². The van der Waals surface area contributed by atoms with Gasteiger partial charge in [0, 0.05) is 10.6 Å². The predicted octanol–water partition coefficient (Wildman–Crippen LogP) is 5.81. The van der Waals surface area contributed by atoms with Crippen LogP contribution in [-0.4, -0.2) is 12.4 Å². The number of hydrogen-bond acceptors (Lipinski definition) is 3. The minimum Gasteiger partial charge on any atom is -0.485 e. The van der Waals surface area contributed by atoms with Gasteiger partial charge in [0.1, 0.15) is 5.75 Å². The van der Waals surface area contributed by atoms with Gasteiger partial charge in [0.05, 0.1) is 7.57 Å². The number of thiophene rings is 1. The fraction of sp³-hybridized carbons (Fsp3) is 0.214. The third kappa shape index (κ3) is 3.64. The topological polar surface area (TPSA) is 26.3 Å². The van der Waals surface area contributed by atoms with Crippen molar-refractivity contribution in [2.75, 3.05) is 6.61 Å². The number of hydrogen-bond donors (Lipinski definition) is 0. The van der Waals surface area contributed by atoms with Gasteiger partial charge < -0.3 is 4.74 Å². The molecular formula is C14H11Br2ClO2S. The standard InChI is InChI=1S/C14H11Br2ClO2S/c1-7-3-9(4-8(2)13(7)17)19-6-11(18)10-5-12(15)20-14(10)16/h3-5H,6H2,1-2H3. The molecule has 0 aliphatic carbocycles. The lowest BCUT2D eigenvalue weighted by Gasteiger charge is -2.09. The Morgan fingerprint density at radius 3 is 2.35 bits per heavy atom. The van der Waals surface area contributed by atoms with Crippen molar-refractivity contribution in [1.82, 2.24) is 0 Å². The largest absolute Gasteiger partial charge is 0.485 e. The van der Waals surface area contributed by atoms with Crippen molar-refractivity contribution in [1.29, 1.82) is 0 Å². The highest BCUT2D eigenvalue weighted by Crippen LogP contribution is 2.32. The van der Waals surface area contributed by atoms with Crippen LogP contribution in [0.4, 0.5) is 0 Å². The zero-order valence-electron chi connectivity index (χ0n) is 10.8. The van der Waals surface area contributed by atoms with E-state index >= 15 is 0 Å². The van der Waals surface area contributed by atoms with E-state index in [1.54, 1.807) is 6.07 Å². The first-order valence-corrected chi connectivity index (χ1v) is 8.54. The molecule has 0 spiro atoms. The zero-order valence-corrected chi connectivity index (χ0v) is 15.5. The smallest absolute Gasteiger partial charge is 0.202 e. The molecule has 0 amide bonds. The van der Waals surface area contributed by atoms with Gasteiger partial charge in [0.2, 0.25) is 5.78 Å². The highest BCUT2D eigenvalue weighted by Gasteiger charge is 2.14. The van der Waals surface area contributed by atoms with Crippen molar-refractivity contribution in [2.45, 2.75) is 13.8 Å². The van der Waals surface area contributed by atoms with Crippen molar-refractivity contribution in [3.8, 4) is 5.75 Å². The summed E-state index contributed by atoms with van der Waals surface area (Å²) in [6.07, 6.45) is 0. The van der Waals surface area contributed by atoms with Crippen LogP contribution in [0.5, 0.6) is 5.75 Å². The van der Waals surface area contributed by atoms with Gasteiger partial charge in [0.15, 0.2) is 6.61 Å². The van der Waals surface area contributed by atoms with Gasteiger partial charge in [-0.25, -0.2) is 0 Å². The first-order valence-electron chi connectivity index (χ1n) is 5.76. The molecule has 0 radical (unpaired) electrons. The lowest BCUT2D eigenvalue weighted by atomic mass is 10.1. The van der Waals surface area contributed by atoms with Crippen LogP contribution in [0.2, 0.25) is 5.02 Å². The van der Waals surface area contributed by atoms with E-state index < -0.39 is 0 Å². The fourth-order valence-corrected chi connectivity index (χ4v) is 4.71. The maximum atomic E-state index is 12.1. The van der Waals surface area contributed by atoms with Crippen LogP contribution in [0.15, 0.2) is 25.8 Å². The molecule has 0 saturated carbocycles. The summed E-state index contributed by atoms with van der Waals surface area (Å²) in [5.41, 5.74) is 2.51. The number of Topliss-reactive ketones (excluding diaryl/α,β-unsaturated/α-hetero) is 1. The Kier molecular flexibility index (Phi) is 5.29. The summed E-state index contributed by atoms with van der Waals surface area (Å²) in [6, 6.07) is 5.46. The molecule has 2 rings (SSSR count). The van der Waals surface area contributed by atoms with Crippen molar-refractivity contribution < 1.29 is 9.53 Å². The van der Waals surface area contributed by atoms with Crippen molar-refractivity contribution in [3.05, 3.63) is 47.5 Å². The number of carbonyl (C=O) groups excluding carboxylic acids is 1. The van der Waals surface area contributed by atoms with E-state index in [1.807, 2.05) is 26.0 Å². The predicted molar refractivity (Wildman–Crippen MR) is 90.5 cm³/mol. The van der Waals surface area contributed by atoms with Crippen molar-refractivity contribution in [3.63, 3.8) is 0 Å². The monoisotopic (exact) mass is 436 g/mol. The van der Waals surface area contributed by atoms with Gasteiger partial charge in [0.25, 0.3) is 0 Å². The van der Waals surface area contributed by atoms with Crippen molar-refractivity contribution >= 4 is 60.6 Å². The minimum atomic E-state index is -0.0657. The number of aryl methyl sites for hydroxylation is 2. The molecule has 0 aliphatic heterocycles. The number of ketones is 1. The average Bonchev–Trinajstić information content (AvgIpc) is 2.72.